The van der Waals surface area contributed by atoms with E-state index in [1.165, 1.54) is 5.56 Å². The van der Waals surface area contributed by atoms with Crippen LogP contribution in [-0.4, -0.2) is 33.0 Å². The third-order valence-electron chi connectivity index (χ3n) is 4.02. The highest BCUT2D eigenvalue weighted by atomic mass is 16.3. The Morgan fingerprint density at radius 3 is 2.68 bits per heavy atom. The van der Waals surface area contributed by atoms with Crippen molar-refractivity contribution in [3.63, 3.8) is 0 Å². The summed E-state index contributed by atoms with van der Waals surface area (Å²) < 4.78 is 2.11. The Morgan fingerprint density at radius 1 is 1.14 bits per heavy atom. The van der Waals surface area contributed by atoms with E-state index in [4.69, 9.17) is 0 Å². The van der Waals surface area contributed by atoms with Crippen LogP contribution in [0.1, 0.15) is 23.7 Å². The minimum atomic E-state index is 0.178. The van der Waals surface area contributed by atoms with Crippen molar-refractivity contribution in [1.82, 2.24) is 14.3 Å². The van der Waals surface area contributed by atoms with Gasteiger partial charge in [-0.3, -0.25) is 4.90 Å². The highest BCUT2D eigenvalue weighted by molar-refractivity contribution is 5.39. The molecular formula is C18H21N3O. The van der Waals surface area contributed by atoms with Gasteiger partial charge in [-0.15, -0.1) is 0 Å². The molecule has 0 radical (unpaired) electrons. The number of aliphatic hydroxyl groups is 1. The smallest absolute Gasteiger partial charge is 0.136 e. The fraction of sp³-hybridized carbons (Fsp3) is 0.278. The van der Waals surface area contributed by atoms with Crippen LogP contribution in [-0.2, 0) is 6.54 Å². The number of fused-ring (bicyclic) bond motifs is 1. The van der Waals surface area contributed by atoms with E-state index in [0.29, 0.717) is 0 Å². The quantitative estimate of drug-likeness (QED) is 0.760. The summed E-state index contributed by atoms with van der Waals surface area (Å²) >= 11 is 0. The van der Waals surface area contributed by atoms with Crippen molar-refractivity contribution in [3.8, 4) is 0 Å². The van der Waals surface area contributed by atoms with Gasteiger partial charge in [0, 0.05) is 25.4 Å². The van der Waals surface area contributed by atoms with Crippen LogP contribution in [0.2, 0.25) is 0 Å². The molecule has 0 saturated heterocycles. The lowest BCUT2D eigenvalue weighted by Gasteiger charge is -2.28. The highest BCUT2D eigenvalue weighted by Crippen LogP contribution is 2.24. The maximum atomic E-state index is 9.40. The average Bonchev–Trinajstić information content (AvgIpc) is 2.96. The molecule has 1 unspecified atom stereocenters. The molecule has 1 aromatic carbocycles. The van der Waals surface area contributed by atoms with E-state index in [0.717, 1.165) is 24.3 Å². The first-order valence-corrected chi connectivity index (χ1v) is 7.56. The molecule has 3 rings (SSSR count). The summed E-state index contributed by atoms with van der Waals surface area (Å²) in [7, 11) is 2.09. The van der Waals surface area contributed by atoms with Gasteiger partial charge in [0.2, 0.25) is 0 Å². The molecule has 3 aromatic rings. The first-order chi connectivity index (χ1) is 10.8. The van der Waals surface area contributed by atoms with Gasteiger partial charge >= 0.3 is 0 Å². The van der Waals surface area contributed by atoms with Crippen LogP contribution in [0, 0.1) is 0 Å². The fourth-order valence-electron chi connectivity index (χ4n) is 2.91. The summed E-state index contributed by atoms with van der Waals surface area (Å²) in [6.07, 6.45) is 4.68. The van der Waals surface area contributed by atoms with Gasteiger partial charge in [0.15, 0.2) is 0 Å². The lowest BCUT2D eigenvalue weighted by atomic mass is 10.0. The lowest BCUT2D eigenvalue weighted by Crippen LogP contribution is -2.25. The van der Waals surface area contributed by atoms with Crippen LogP contribution in [0.3, 0.4) is 0 Å². The normalized spacial score (nSPS) is 12.9. The van der Waals surface area contributed by atoms with E-state index >= 15 is 0 Å². The molecule has 2 heterocycles. The van der Waals surface area contributed by atoms with Gasteiger partial charge in [0.25, 0.3) is 0 Å². The minimum absolute atomic E-state index is 0.178. The van der Waals surface area contributed by atoms with Crippen molar-refractivity contribution in [2.45, 2.75) is 19.0 Å². The van der Waals surface area contributed by atoms with Crippen LogP contribution < -0.4 is 0 Å². The molecule has 4 heteroatoms. The third-order valence-corrected chi connectivity index (χ3v) is 4.02. The zero-order valence-electron chi connectivity index (χ0n) is 12.8. The van der Waals surface area contributed by atoms with Gasteiger partial charge < -0.3 is 9.51 Å². The van der Waals surface area contributed by atoms with Crippen LogP contribution >= 0.6 is 0 Å². The zero-order chi connectivity index (χ0) is 15.4. The predicted molar refractivity (Wildman–Crippen MR) is 87.5 cm³/mol. The Morgan fingerprint density at radius 2 is 1.91 bits per heavy atom. The second-order valence-electron chi connectivity index (χ2n) is 5.53. The number of pyridine rings is 1. The second-order valence-corrected chi connectivity index (χ2v) is 5.53. The van der Waals surface area contributed by atoms with Gasteiger partial charge in [-0.05, 0) is 31.2 Å². The Balaban J connectivity index is 1.83. The number of hydrogen-bond donors (Lipinski definition) is 1. The number of aliphatic hydroxyl groups excluding tert-OH is 1. The summed E-state index contributed by atoms with van der Waals surface area (Å²) in [6.45, 7) is 0.960. The molecule has 0 spiro atoms. The second kappa shape index (κ2) is 6.73. The molecule has 0 aliphatic carbocycles. The van der Waals surface area contributed by atoms with E-state index in [1.807, 2.05) is 48.8 Å². The largest absolute Gasteiger partial charge is 0.396 e. The number of imidazole rings is 1. The predicted octanol–water partition coefficient (Wildman–Crippen LogP) is 2.89. The Kier molecular flexibility index (Phi) is 4.51. The van der Waals surface area contributed by atoms with E-state index in [9.17, 15) is 5.11 Å². The van der Waals surface area contributed by atoms with Gasteiger partial charge in [0.05, 0.1) is 11.9 Å². The topological polar surface area (TPSA) is 40.8 Å². The van der Waals surface area contributed by atoms with E-state index in [-0.39, 0.29) is 12.6 Å². The van der Waals surface area contributed by atoms with Crippen molar-refractivity contribution in [2.24, 2.45) is 0 Å². The van der Waals surface area contributed by atoms with Crippen molar-refractivity contribution in [1.29, 1.82) is 0 Å². The first kappa shape index (κ1) is 14.8. The lowest BCUT2D eigenvalue weighted by molar-refractivity contribution is 0.178. The van der Waals surface area contributed by atoms with E-state index < -0.39 is 0 Å². The van der Waals surface area contributed by atoms with E-state index in [1.54, 1.807) is 0 Å². The monoisotopic (exact) mass is 295 g/mol. The highest BCUT2D eigenvalue weighted by Gasteiger charge is 2.17. The molecule has 114 valence electrons. The zero-order valence-corrected chi connectivity index (χ0v) is 12.8. The number of nitrogens with zero attached hydrogens (tertiary/aromatic N) is 3. The first-order valence-electron chi connectivity index (χ1n) is 7.56. The van der Waals surface area contributed by atoms with Crippen LogP contribution in [0.4, 0.5) is 0 Å². The maximum absolute atomic E-state index is 9.40. The molecule has 0 fully saturated rings. The summed E-state index contributed by atoms with van der Waals surface area (Å²) in [5.41, 5.74) is 3.34. The van der Waals surface area contributed by atoms with Crippen LogP contribution in [0.5, 0.6) is 0 Å². The van der Waals surface area contributed by atoms with Crippen molar-refractivity contribution in [3.05, 3.63) is 72.2 Å². The van der Waals surface area contributed by atoms with Gasteiger partial charge in [-0.1, -0.05) is 36.4 Å². The van der Waals surface area contributed by atoms with Gasteiger partial charge in [0.1, 0.15) is 5.65 Å². The van der Waals surface area contributed by atoms with Gasteiger partial charge in [-0.25, -0.2) is 4.98 Å². The molecule has 2 aromatic heterocycles. The number of rotatable bonds is 6. The minimum Gasteiger partial charge on any atom is -0.396 e. The molecule has 0 aliphatic rings. The van der Waals surface area contributed by atoms with Crippen molar-refractivity contribution in [2.75, 3.05) is 13.7 Å². The molecule has 22 heavy (non-hydrogen) atoms. The summed E-state index contributed by atoms with van der Waals surface area (Å²) in [4.78, 5) is 6.70. The average molecular weight is 295 g/mol. The SMILES string of the molecule is CN(Cc1cnc2ccccn12)C(CCO)c1ccccc1. The fourth-order valence-corrected chi connectivity index (χ4v) is 2.91. The maximum Gasteiger partial charge on any atom is 0.136 e. The molecule has 0 bridgehead atoms. The van der Waals surface area contributed by atoms with E-state index in [2.05, 4.69) is 33.5 Å². The van der Waals surface area contributed by atoms with Gasteiger partial charge in [-0.2, -0.15) is 0 Å². The molecular weight excluding hydrogens is 274 g/mol. The number of hydrogen-bond acceptors (Lipinski definition) is 3. The number of aromatic nitrogens is 2. The Labute approximate surface area is 130 Å². The molecule has 0 amide bonds. The Bertz CT molecular complexity index is 723. The Hall–Kier alpha value is -2.17. The van der Waals surface area contributed by atoms with Crippen LogP contribution in [0.15, 0.2) is 60.9 Å². The third kappa shape index (κ3) is 3.03. The van der Waals surface area contributed by atoms with Crippen molar-refractivity contribution >= 4 is 5.65 Å². The van der Waals surface area contributed by atoms with Crippen LogP contribution in [0.25, 0.3) is 5.65 Å². The number of benzene rings is 1. The summed E-state index contributed by atoms with van der Waals surface area (Å²) in [5.74, 6) is 0. The molecule has 1 N–H and O–H groups in total. The summed E-state index contributed by atoms with van der Waals surface area (Å²) in [6, 6.07) is 16.5. The van der Waals surface area contributed by atoms with Crippen molar-refractivity contribution < 1.29 is 5.11 Å². The standard InChI is InChI=1S/C18H21N3O/c1-20(17(10-12-22)15-7-3-2-4-8-15)14-16-13-19-18-9-5-6-11-21(16)18/h2-9,11,13,17,22H,10,12,14H2,1H3. The molecule has 0 aliphatic heterocycles. The molecule has 4 nitrogen and oxygen atoms in total. The molecule has 1 atom stereocenters. The summed E-state index contributed by atoms with van der Waals surface area (Å²) in [5, 5.41) is 9.40. The molecule has 0 saturated carbocycles.